The van der Waals surface area contributed by atoms with Crippen molar-refractivity contribution in [1.82, 2.24) is 4.98 Å². The van der Waals surface area contributed by atoms with Crippen LogP contribution in [-0.4, -0.2) is 9.91 Å². The molecule has 8 heteroatoms. The van der Waals surface area contributed by atoms with E-state index in [2.05, 4.69) is 4.98 Å². The standard InChI is InChI=1S/C8H4ClF2N3O2/c9-7-5(14(15)16)3-4(1-2-12)6(13-7)8(10)11/h3,8H,1H2. The zero-order chi connectivity index (χ0) is 12.3. The van der Waals surface area contributed by atoms with E-state index in [0.717, 1.165) is 6.07 Å². The van der Waals surface area contributed by atoms with Gasteiger partial charge in [0.05, 0.1) is 17.4 Å². The minimum atomic E-state index is -2.93. The summed E-state index contributed by atoms with van der Waals surface area (Å²) in [5.41, 5.74) is -1.47. The van der Waals surface area contributed by atoms with E-state index in [1.807, 2.05) is 0 Å². The van der Waals surface area contributed by atoms with Gasteiger partial charge >= 0.3 is 5.69 Å². The Bertz CT molecular complexity index is 473. The van der Waals surface area contributed by atoms with Gasteiger partial charge in [-0.2, -0.15) is 5.26 Å². The molecule has 16 heavy (non-hydrogen) atoms. The van der Waals surface area contributed by atoms with Gasteiger partial charge in [0, 0.05) is 11.6 Å². The fraction of sp³-hybridized carbons (Fsp3) is 0.250. The van der Waals surface area contributed by atoms with Crippen molar-refractivity contribution in [2.45, 2.75) is 12.8 Å². The number of rotatable bonds is 3. The lowest BCUT2D eigenvalue weighted by molar-refractivity contribution is -0.385. The summed E-state index contributed by atoms with van der Waals surface area (Å²) in [4.78, 5) is 12.9. The first-order chi connectivity index (χ1) is 7.47. The molecular weight excluding hydrogens is 244 g/mol. The van der Waals surface area contributed by atoms with Gasteiger partial charge in [0.25, 0.3) is 6.43 Å². The Morgan fingerprint density at radius 2 is 2.31 bits per heavy atom. The Labute approximate surface area is 93.4 Å². The zero-order valence-electron chi connectivity index (χ0n) is 7.65. The molecule has 1 rings (SSSR count). The zero-order valence-corrected chi connectivity index (χ0v) is 8.41. The van der Waals surface area contributed by atoms with E-state index in [0.29, 0.717) is 0 Å². The summed E-state index contributed by atoms with van der Waals surface area (Å²) in [5, 5.41) is 18.3. The molecule has 84 valence electrons. The van der Waals surface area contributed by atoms with Gasteiger partial charge < -0.3 is 0 Å². The van der Waals surface area contributed by atoms with Crippen LogP contribution in [0.5, 0.6) is 0 Å². The van der Waals surface area contributed by atoms with Crippen LogP contribution in [0.1, 0.15) is 17.7 Å². The molecule has 1 heterocycles. The number of nitrogens with zero attached hydrogens (tertiary/aromatic N) is 3. The fourth-order valence-electron chi connectivity index (χ4n) is 1.08. The number of alkyl halides is 2. The molecule has 0 spiro atoms. The SMILES string of the molecule is N#CCc1cc([N+](=O)[O-])c(Cl)nc1C(F)F. The second-order valence-corrected chi connectivity index (χ2v) is 3.09. The summed E-state index contributed by atoms with van der Waals surface area (Å²) in [7, 11) is 0. The summed E-state index contributed by atoms with van der Waals surface area (Å²) >= 11 is 5.37. The van der Waals surface area contributed by atoms with E-state index >= 15 is 0 Å². The first-order valence-electron chi connectivity index (χ1n) is 3.96. The normalized spacial score (nSPS) is 10.2. The third-order valence-electron chi connectivity index (χ3n) is 1.74. The minimum absolute atomic E-state index is 0.186. The van der Waals surface area contributed by atoms with Crippen molar-refractivity contribution >= 4 is 17.3 Å². The quantitative estimate of drug-likeness (QED) is 0.467. The number of halogens is 3. The number of nitriles is 1. The maximum Gasteiger partial charge on any atom is 0.306 e. The largest absolute Gasteiger partial charge is 0.306 e. The highest BCUT2D eigenvalue weighted by atomic mass is 35.5. The molecule has 0 saturated carbocycles. The number of nitro groups is 1. The van der Waals surface area contributed by atoms with Gasteiger partial charge in [-0.1, -0.05) is 11.6 Å². The van der Waals surface area contributed by atoms with Crippen molar-refractivity contribution in [2.75, 3.05) is 0 Å². The molecule has 0 aliphatic carbocycles. The van der Waals surface area contributed by atoms with Crippen LogP contribution >= 0.6 is 11.6 Å². The fourth-order valence-corrected chi connectivity index (χ4v) is 1.29. The molecule has 0 radical (unpaired) electrons. The topological polar surface area (TPSA) is 79.8 Å². The van der Waals surface area contributed by atoms with Crippen LogP contribution in [0.15, 0.2) is 6.07 Å². The van der Waals surface area contributed by atoms with Gasteiger partial charge in [-0.25, -0.2) is 13.8 Å². The summed E-state index contributed by atoms with van der Waals surface area (Å²) in [6.07, 6.45) is -3.31. The Morgan fingerprint density at radius 3 is 2.75 bits per heavy atom. The maximum absolute atomic E-state index is 12.5. The molecule has 5 nitrogen and oxygen atoms in total. The second-order valence-electron chi connectivity index (χ2n) is 2.74. The van der Waals surface area contributed by atoms with Crippen LogP contribution in [0, 0.1) is 21.4 Å². The third kappa shape index (κ3) is 2.41. The van der Waals surface area contributed by atoms with Crippen molar-refractivity contribution in [1.29, 1.82) is 5.26 Å². The smallest absolute Gasteiger partial charge is 0.258 e. The molecule has 0 aliphatic rings. The summed E-state index contributed by atoms with van der Waals surface area (Å²) in [6.45, 7) is 0. The molecule has 0 fully saturated rings. The first kappa shape index (κ1) is 12.3. The molecule has 0 aromatic carbocycles. The van der Waals surface area contributed by atoms with Gasteiger partial charge in [-0.05, 0) is 0 Å². The average Bonchev–Trinajstić information content (AvgIpc) is 2.19. The number of pyridine rings is 1. The van der Waals surface area contributed by atoms with Crippen molar-refractivity contribution in [2.24, 2.45) is 0 Å². The molecule has 1 aromatic rings. The molecule has 0 unspecified atom stereocenters. The van der Waals surface area contributed by atoms with Crippen LogP contribution in [0.2, 0.25) is 5.15 Å². The second kappa shape index (κ2) is 4.81. The van der Waals surface area contributed by atoms with Crippen molar-refractivity contribution in [3.05, 3.63) is 32.6 Å². The predicted octanol–water partition coefficient (Wildman–Crippen LogP) is 2.65. The van der Waals surface area contributed by atoms with Crippen LogP contribution in [0.3, 0.4) is 0 Å². The molecule has 0 saturated heterocycles. The van der Waals surface area contributed by atoms with Gasteiger partial charge in [0.2, 0.25) is 5.15 Å². The van der Waals surface area contributed by atoms with Crippen LogP contribution in [0.4, 0.5) is 14.5 Å². The third-order valence-corrected chi connectivity index (χ3v) is 2.02. The van der Waals surface area contributed by atoms with Crippen molar-refractivity contribution in [3.8, 4) is 6.07 Å². The van der Waals surface area contributed by atoms with Crippen LogP contribution in [0.25, 0.3) is 0 Å². The number of aromatic nitrogens is 1. The predicted molar refractivity (Wildman–Crippen MR) is 50.2 cm³/mol. The van der Waals surface area contributed by atoms with E-state index in [-0.39, 0.29) is 12.0 Å². The van der Waals surface area contributed by atoms with E-state index in [1.165, 1.54) is 0 Å². The van der Waals surface area contributed by atoms with Crippen molar-refractivity contribution in [3.63, 3.8) is 0 Å². The van der Waals surface area contributed by atoms with E-state index in [4.69, 9.17) is 16.9 Å². The molecule has 0 atom stereocenters. The molecule has 0 amide bonds. The lowest BCUT2D eigenvalue weighted by Crippen LogP contribution is -2.02. The Balaban J connectivity index is 3.38. The highest BCUT2D eigenvalue weighted by Gasteiger charge is 2.22. The highest BCUT2D eigenvalue weighted by molar-refractivity contribution is 6.31. The van der Waals surface area contributed by atoms with Crippen LogP contribution < -0.4 is 0 Å². The molecular formula is C8H4ClF2N3O2. The van der Waals surface area contributed by atoms with Crippen LogP contribution in [-0.2, 0) is 6.42 Å². The van der Waals surface area contributed by atoms with E-state index in [9.17, 15) is 18.9 Å². The summed E-state index contributed by atoms with van der Waals surface area (Å²) in [5.74, 6) is 0. The lowest BCUT2D eigenvalue weighted by Gasteiger charge is -2.05. The average molecular weight is 248 g/mol. The Kier molecular flexibility index (Phi) is 3.68. The lowest BCUT2D eigenvalue weighted by atomic mass is 10.1. The van der Waals surface area contributed by atoms with Gasteiger partial charge in [0.15, 0.2) is 0 Å². The monoisotopic (exact) mass is 247 g/mol. The molecule has 0 bridgehead atoms. The molecule has 1 aromatic heterocycles. The molecule has 0 N–H and O–H groups in total. The van der Waals surface area contributed by atoms with E-state index in [1.54, 1.807) is 6.07 Å². The van der Waals surface area contributed by atoms with Gasteiger partial charge in [0.1, 0.15) is 5.69 Å². The van der Waals surface area contributed by atoms with Gasteiger partial charge in [-0.15, -0.1) is 0 Å². The maximum atomic E-state index is 12.5. The Hall–Kier alpha value is -1.81. The number of hydrogen-bond acceptors (Lipinski definition) is 4. The molecule has 0 aliphatic heterocycles. The number of hydrogen-bond donors (Lipinski definition) is 0. The summed E-state index contributed by atoms with van der Waals surface area (Å²) < 4.78 is 24.9. The minimum Gasteiger partial charge on any atom is -0.258 e. The summed E-state index contributed by atoms with van der Waals surface area (Å²) in [6, 6.07) is 2.47. The van der Waals surface area contributed by atoms with Crippen molar-refractivity contribution < 1.29 is 13.7 Å². The van der Waals surface area contributed by atoms with Gasteiger partial charge in [-0.3, -0.25) is 10.1 Å². The first-order valence-corrected chi connectivity index (χ1v) is 4.34. The van der Waals surface area contributed by atoms with E-state index < -0.39 is 27.9 Å². The Morgan fingerprint density at radius 1 is 1.69 bits per heavy atom. The highest BCUT2D eigenvalue weighted by Crippen LogP contribution is 2.29.